The predicted molar refractivity (Wildman–Crippen MR) is 64.3 cm³/mol. The summed E-state index contributed by atoms with van der Waals surface area (Å²) in [6, 6.07) is -1.61. The average Bonchev–Trinajstić information content (AvgIpc) is 2.24. The van der Waals surface area contributed by atoms with Crippen LogP contribution in [0.15, 0.2) is 0 Å². The summed E-state index contributed by atoms with van der Waals surface area (Å²) in [7, 11) is 0. The van der Waals surface area contributed by atoms with Gasteiger partial charge in [0.15, 0.2) is 0 Å². The van der Waals surface area contributed by atoms with Gasteiger partial charge in [-0.1, -0.05) is 13.8 Å². The summed E-state index contributed by atoms with van der Waals surface area (Å²) < 4.78 is 0. The summed E-state index contributed by atoms with van der Waals surface area (Å²) >= 11 is 0. The number of carboxylic acids is 2. The van der Waals surface area contributed by atoms with Gasteiger partial charge in [0.05, 0.1) is 0 Å². The zero-order valence-corrected chi connectivity index (χ0v) is 10.6. The molecule has 0 aliphatic heterocycles. The van der Waals surface area contributed by atoms with Crippen molar-refractivity contribution >= 4 is 18.0 Å². The van der Waals surface area contributed by atoms with Crippen LogP contribution in [0.25, 0.3) is 0 Å². The third kappa shape index (κ3) is 8.37. The van der Waals surface area contributed by atoms with Gasteiger partial charge in [-0.15, -0.1) is 0 Å². The van der Waals surface area contributed by atoms with Crippen LogP contribution < -0.4 is 10.6 Å². The van der Waals surface area contributed by atoms with E-state index in [2.05, 4.69) is 10.6 Å². The molecule has 1 atom stereocenters. The second-order valence-corrected chi connectivity index (χ2v) is 4.42. The van der Waals surface area contributed by atoms with Crippen LogP contribution in [0.1, 0.15) is 33.1 Å². The van der Waals surface area contributed by atoms with E-state index in [1.54, 1.807) is 0 Å². The number of aliphatic carboxylic acids is 2. The van der Waals surface area contributed by atoms with Gasteiger partial charge in [0.2, 0.25) is 0 Å². The predicted octanol–water partition coefficient (Wildman–Crippen LogP) is 0.650. The van der Waals surface area contributed by atoms with Crippen molar-refractivity contribution in [2.24, 2.45) is 5.92 Å². The largest absolute Gasteiger partial charge is 0.481 e. The van der Waals surface area contributed by atoms with Crippen molar-refractivity contribution in [1.82, 2.24) is 10.6 Å². The molecule has 18 heavy (non-hydrogen) atoms. The van der Waals surface area contributed by atoms with Gasteiger partial charge in [-0.2, -0.15) is 0 Å². The number of carbonyl (C=O) groups excluding carboxylic acids is 1. The quantitative estimate of drug-likeness (QED) is 0.511. The first-order chi connectivity index (χ1) is 8.32. The van der Waals surface area contributed by atoms with Crippen LogP contribution in [0, 0.1) is 5.92 Å². The second-order valence-electron chi connectivity index (χ2n) is 4.42. The molecule has 0 aromatic heterocycles. The molecule has 0 aliphatic carbocycles. The molecule has 7 heteroatoms. The molecule has 0 saturated carbocycles. The molecule has 0 aromatic carbocycles. The van der Waals surface area contributed by atoms with Crippen molar-refractivity contribution in [3.63, 3.8) is 0 Å². The molecule has 104 valence electrons. The fraction of sp³-hybridized carbons (Fsp3) is 0.727. The summed E-state index contributed by atoms with van der Waals surface area (Å²) in [5.74, 6) is -1.88. The van der Waals surface area contributed by atoms with E-state index in [1.807, 2.05) is 13.8 Å². The SMILES string of the molecule is CC(C)CNC(=O)N[C@H](CCCC(=O)O)C(=O)O. The van der Waals surface area contributed by atoms with Crippen molar-refractivity contribution in [1.29, 1.82) is 0 Å². The number of urea groups is 1. The fourth-order valence-corrected chi connectivity index (χ4v) is 1.22. The van der Waals surface area contributed by atoms with E-state index in [-0.39, 0.29) is 25.2 Å². The van der Waals surface area contributed by atoms with Gasteiger partial charge >= 0.3 is 18.0 Å². The maximum atomic E-state index is 11.4. The Balaban J connectivity index is 4.06. The van der Waals surface area contributed by atoms with Gasteiger partial charge in [0, 0.05) is 13.0 Å². The Kier molecular flexibility index (Phi) is 7.50. The van der Waals surface area contributed by atoms with Gasteiger partial charge in [0.25, 0.3) is 0 Å². The van der Waals surface area contributed by atoms with E-state index < -0.39 is 24.0 Å². The highest BCUT2D eigenvalue weighted by molar-refractivity contribution is 5.82. The third-order valence-electron chi connectivity index (χ3n) is 2.16. The first-order valence-electron chi connectivity index (χ1n) is 5.82. The first kappa shape index (κ1) is 16.2. The van der Waals surface area contributed by atoms with Crippen LogP contribution in [-0.2, 0) is 9.59 Å². The lowest BCUT2D eigenvalue weighted by atomic mass is 10.1. The molecule has 0 aliphatic rings. The standard InChI is InChI=1S/C11H20N2O5/c1-7(2)6-12-11(18)13-8(10(16)17)4-3-5-9(14)15/h7-8H,3-6H2,1-2H3,(H,14,15)(H,16,17)(H2,12,13,18)/t8-/m1/s1. The zero-order valence-electron chi connectivity index (χ0n) is 10.6. The minimum atomic E-state index is -1.17. The maximum absolute atomic E-state index is 11.4. The van der Waals surface area contributed by atoms with Crippen LogP contribution in [-0.4, -0.2) is 40.8 Å². The molecule has 4 N–H and O–H groups in total. The zero-order chi connectivity index (χ0) is 14.1. The topological polar surface area (TPSA) is 116 Å². The number of hydrogen-bond acceptors (Lipinski definition) is 3. The smallest absolute Gasteiger partial charge is 0.326 e. The molecule has 7 nitrogen and oxygen atoms in total. The Hall–Kier alpha value is -1.79. The van der Waals surface area contributed by atoms with Crippen molar-refractivity contribution in [3.8, 4) is 0 Å². The molecule has 0 spiro atoms. The lowest BCUT2D eigenvalue weighted by Gasteiger charge is -2.15. The average molecular weight is 260 g/mol. The normalized spacial score (nSPS) is 11.9. The molecular weight excluding hydrogens is 240 g/mol. The summed E-state index contributed by atoms with van der Waals surface area (Å²) in [4.78, 5) is 32.5. The number of nitrogens with one attached hydrogen (secondary N) is 2. The lowest BCUT2D eigenvalue weighted by Crippen LogP contribution is -2.46. The summed E-state index contributed by atoms with van der Waals surface area (Å²) in [6.45, 7) is 4.29. The van der Waals surface area contributed by atoms with Crippen LogP contribution in [0.5, 0.6) is 0 Å². The van der Waals surface area contributed by atoms with Gasteiger partial charge in [-0.05, 0) is 18.8 Å². The minimum Gasteiger partial charge on any atom is -0.481 e. The molecule has 0 saturated heterocycles. The number of carboxylic acid groups (broad SMARTS) is 2. The van der Waals surface area contributed by atoms with E-state index in [1.165, 1.54) is 0 Å². The van der Waals surface area contributed by atoms with E-state index in [9.17, 15) is 14.4 Å². The number of rotatable bonds is 8. The molecule has 0 radical (unpaired) electrons. The van der Waals surface area contributed by atoms with E-state index in [4.69, 9.17) is 10.2 Å². The summed E-state index contributed by atoms with van der Waals surface area (Å²) in [5.41, 5.74) is 0. The van der Waals surface area contributed by atoms with E-state index in [0.29, 0.717) is 6.54 Å². The van der Waals surface area contributed by atoms with Gasteiger partial charge in [-0.3, -0.25) is 4.79 Å². The first-order valence-corrected chi connectivity index (χ1v) is 5.82. The highest BCUT2D eigenvalue weighted by Crippen LogP contribution is 2.01. The number of amides is 2. The van der Waals surface area contributed by atoms with Crippen LogP contribution >= 0.6 is 0 Å². The molecular formula is C11H20N2O5. The molecule has 0 unspecified atom stereocenters. The third-order valence-corrected chi connectivity index (χ3v) is 2.16. The maximum Gasteiger partial charge on any atom is 0.326 e. The second kappa shape index (κ2) is 8.32. The molecule has 0 aromatic rings. The van der Waals surface area contributed by atoms with Crippen LogP contribution in [0.4, 0.5) is 4.79 Å². The molecule has 0 bridgehead atoms. The van der Waals surface area contributed by atoms with Crippen molar-refractivity contribution in [3.05, 3.63) is 0 Å². The fourth-order valence-electron chi connectivity index (χ4n) is 1.22. The van der Waals surface area contributed by atoms with Gasteiger partial charge in [0.1, 0.15) is 6.04 Å². The molecule has 0 rings (SSSR count). The van der Waals surface area contributed by atoms with Crippen LogP contribution in [0.3, 0.4) is 0 Å². The molecule has 2 amide bonds. The molecule has 0 heterocycles. The monoisotopic (exact) mass is 260 g/mol. The number of hydrogen-bond donors (Lipinski definition) is 4. The Morgan fingerprint density at radius 2 is 1.78 bits per heavy atom. The Bertz CT molecular complexity index is 304. The highest BCUT2D eigenvalue weighted by atomic mass is 16.4. The Morgan fingerprint density at radius 1 is 1.17 bits per heavy atom. The van der Waals surface area contributed by atoms with Gasteiger partial charge < -0.3 is 20.8 Å². The van der Waals surface area contributed by atoms with Crippen molar-refractivity contribution in [2.75, 3.05) is 6.54 Å². The molecule has 0 fully saturated rings. The van der Waals surface area contributed by atoms with Crippen LogP contribution in [0.2, 0.25) is 0 Å². The number of carbonyl (C=O) groups is 3. The summed E-state index contributed by atoms with van der Waals surface area (Å²) in [5, 5.41) is 22.2. The lowest BCUT2D eigenvalue weighted by molar-refractivity contribution is -0.140. The minimum absolute atomic E-state index is 0.0940. The van der Waals surface area contributed by atoms with Gasteiger partial charge in [-0.25, -0.2) is 9.59 Å². The van der Waals surface area contributed by atoms with E-state index in [0.717, 1.165) is 0 Å². The van der Waals surface area contributed by atoms with Crippen molar-refractivity contribution in [2.45, 2.75) is 39.2 Å². The Morgan fingerprint density at radius 3 is 2.22 bits per heavy atom. The van der Waals surface area contributed by atoms with Crippen molar-refractivity contribution < 1.29 is 24.6 Å². The van der Waals surface area contributed by atoms with E-state index >= 15 is 0 Å². The highest BCUT2D eigenvalue weighted by Gasteiger charge is 2.19. The summed E-state index contributed by atoms with van der Waals surface area (Å²) in [6.07, 6.45) is 0.187. The Labute approximate surface area is 106 Å².